The van der Waals surface area contributed by atoms with Crippen LogP contribution >= 0.6 is 27.5 Å². The molecule has 1 aromatic carbocycles. The van der Waals surface area contributed by atoms with Crippen molar-refractivity contribution in [2.75, 3.05) is 5.32 Å². The van der Waals surface area contributed by atoms with E-state index in [1.54, 1.807) is 0 Å². The molecule has 0 atom stereocenters. The van der Waals surface area contributed by atoms with Crippen LogP contribution in [0.25, 0.3) is 0 Å². The monoisotopic (exact) mass is 313 g/mol. The molecule has 5 heteroatoms. The molecule has 0 aliphatic rings. The molecule has 3 nitrogen and oxygen atoms in total. The fraction of sp³-hybridized carbons (Fsp3) is 0.0833. The third-order valence-electron chi connectivity index (χ3n) is 2.29. The summed E-state index contributed by atoms with van der Waals surface area (Å²) in [5, 5.41) is 2.83. The lowest BCUT2D eigenvalue weighted by Gasteiger charge is -2.05. The summed E-state index contributed by atoms with van der Waals surface area (Å²) in [6.45, 7) is 1.97. The minimum Gasteiger partial charge on any atom is -0.452 e. The number of carbonyl (C=O) groups excluding carboxylic acids is 1. The summed E-state index contributed by atoms with van der Waals surface area (Å²) < 4.78 is 5.80. The van der Waals surface area contributed by atoms with Gasteiger partial charge in [0.05, 0.1) is 11.8 Å². The van der Waals surface area contributed by atoms with Gasteiger partial charge in [-0.25, -0.2) is 0 Å². The van der Waals surface area contributed by atoms with Crippen LogP contribution in [0.5, 0.6) is 0 Å². The zero-order valence-corrected chi connectivity index (χ0v) is 11.3. The molecule has 2 aromatic rings. The molecular weight excluding hydrogens is 305 g/mol. The molecule has 1 amide bonds. The van der Waals surface area contributed by atoms with Crippen LogP contribution in [0.15, 0.2) is 39.4 Å². The van der Waals surface area contributed by atoms with Crippen molar-refractivity contribution in [3.8, 4) is 0 Å². The molecule has 0 unspecified atom stereocenters. The second-order valence-corrected chi connectivity index (χ2v) is 4.72. The summed E-state index contributed by atoms with van der Waals surface area (Å²) in [6, 6.07) is 7.10. The molecule has 1 heterocycles. The number of hydrogen-bond donors (Lipinski definition) is 1. The number of rotatable bonds is 2. The van der Waals surface area contributed by atoms with Crippen LogP contribution in [0.1, 0.15) is 15.9 Å². The van der Waals surface area contributed by atoms with Gasteiger partial charge in [-0.15, -0.1) is 0 Å². The van der Waals surface area contributed by atoms with Gasteiger partial charge in [-0.3, -0.25) is 4.79 Å². The third kappa shape index (κ3) is 2.70. The Kier molecular flexibility index (Phi) is 3.54. The molecule has 1 N–H and O–H groups in total. The summed E-state index contributed by atoms with van der Waals surface area (Å²) in [7, 11) is 0. The molecule has 0 bridgehead atoms. The third-order valence-corrected chi connectivity index (χ3v) is 3.44. The van der Waals surface area contributed by atoms with Gasteiger partial charge in [-0.05, 0) is 42.3 Å². The standard InChI is InChI=1S/C12H9BrClNO2/c1-7-2-3-8(6-10(7)13)15-12(16)9-4-5-17-11(9)14/h2-6H,1H3,(H,15,16). The summed E-state index contributed by atoms with van der Waals surface area (Å²) in [4.78, 5) is 11.8. The van der Waals surface area contributed by atoms with Crippen LogP contribution in [-0.2, 0) is 0 Å². The van der Waals surface area contributed by atoms with Crippen molar-refractivity contribution in [1.29, 1.82) is 0 Å². The van der Waals surface area contributed by atoms with Crippen molar-refractivity contribution < 1.29 is 9.21 Å². The zero-order valence-electron chi connectivity index (χ0n) is 8.96. The molecule has 0 radical (unpaired) electrons. The van der Waals surface area contributed by atoms with Crippen molar-refractivity contribution >= 4 is 39.1 Å². The van der Waals surface area contributed by atoms with Gasteiger partial charge < -0.3 is 9.73 Å². The van der Waals surface area contributed by atoms with Gasteiger partial charge in [0.25, 0.3) is 5.91 Å². The molecule has 17 heavy (non-hydrogen) atoms. The average Bonchev–Trinajstić information content (AvgIpc) is 2.70. The minimum atomic E-state index is -0.292. The predicted octanol–water partition coefficient (Wildman–Crippen LogP) is 4.26. The number of benzene rings is 1. The summed E-state index contributed by atoms with van der Waals surface area (Å²) in [5.74, 6) is -0.292. The van der Waals surface area contributed by atoms with Crippen LogP contribution in [0, 0.1) is 6.92 Å². The van der Waals surface area contributed by atoms with Gasteiger partial charge in [-0.1, -0.05) is 22.0 Å². The highest BCUT2D eigenvalue weighted by molar-refractivity contribution is 9.10. The first kappa shape index (κ1) is 12.2. The summed E-state index contributed by atoms with van der Waals surface area (Å²) in [5.41, 5.74) is 2.12. The fourth-order valence-electron chi connectivity index (χ4n) is 1.32. The van der Waals surface area contributed by atoms with Crippen molar-refractivity contribution in [3.05, 3.63) is 51.3 Å². The topological polar surface area (TPSA) is 42.2 Å². The Morgan fingerprint density at radius 3 is 2.76 bits per heavy atom. The van der Waals surface area contributed by atoms with Crippen molar-refractivity contribution in [2.45, 2.75) is 6.92 Å². The van der Waals surface area contributed by atoms with Gasteiger partial charge >= 0.3 is 0 Å². The molecule has 0 spiro atoms. The number of furan rings is 1. The minimum absolute atomic E-state index is 0.0914. The maximum absolute atomic E-state index is 11.8. The van der Waals surface area contributed by atoms with Crippen LogP contribution in [-0.4, -0.2) is 5.91 Å². The smallest absolute Gasteiger partial charge is 0.260 e. The summed E-state index contributed by atoms with van der Waals surface area (Å²) >= 11 is 9.12. The first-order chi connectivity index (χ1) is 8.08. The van der Waals surface area contributed by atoms with Gasteiger partial charge in [0.15, 0.2) is 0 Å². The zero-order chi connectivity index (χ0) is 12.4. The van der Waals surface area contributed by atoms with Crippen molar-refractivity contribution in [2.24, 2.45) is 0 Å². The number of aryl methyl sites for hydroxylation is 1. The van der Waals surface area contributed by atoms with E-state index in [2.05, 4.69) is 21.2 Å². The largest absolute Gasteiger partial charge is 0.452 e. The molecule has 2 rings (SSSR count). The number of carbonyl (C=O) groups is 1. The quantitative estimate of drug-likeness (QED) is 0.900. The first-order valence-electron chi connectivity index (χ1n) is 4.88. The van der Waals surface area contributed by atoms with E-state index in [4.69, 9.17) is 16.0 Å². The van der Waals surface area contributed by atoms with Crippen LogP contribution in [0.2, 0.25) is 5.22 Å². The number of hydrogen-bond acceptors (Lipinski definition) is 2. The first-order valence-corrected chi connectivity index (χ1v) is 6.05. The normalized spacial score (nSPS) is 10.3. The lowest BCUT2D eigenvalue weighted by molar-refractivity contribution is 0.102. The second-order valence-electron chi connectivity index (χ2n) is 3.53. The molecule has 0 saturated carbocycles. The lowest BCUT2D eigenvalue weighted by atomic mass is 10.2. The Bertz CT molecular complexity index is 565. The molecule has 88 valence electrons. The van der Waals surface area contributed by atoms with Crippen LogP contribution < -0.4 is 5.32 Å². The number of anilines is 1. The number of nitrogens with one attached hydrogen (secondary N) is 1. The van der Waals surface area contributed by atoms with Crippen LogP contribution in [0.3, 0.4) is 0 Å². The van der Waals surface area contributed by atoms with Crippen LogP contribution in [0.4, 0.5) is 5.69 Å². The van der Waals surface area contributed by atoms with E-state index < -0.39 is 0 Å². The van der Waals surface area contributed by atoms with E-state index in [0.29, 0.717) is 11.3 Å². The maximum atomic E-state index is 11.8. The predicted molar refractivity (Wildman–Crippen MR) is 70.6 cm³/mol. The Labute approximate surface area is 112 Å². The highest BCUT2D eigenvalue weighted by Gasteiger charge is 2.13. The van der Waals surface area contributed by atoms with Crippen molar-refractivity contribution in [3.63, 3.8) is 0 Å². The molecule has 0 saturated heterocycles. The van der Waals surface area contributed by atoms with E-state index in [-0.39, 0.29) is 11.1 Å². The highest BCUT2D eigenvalue weighted by atomic mass is 79.9. The van der Waals surface area contributed by atoms with Gasteiger partial charge in [0.1, 0.15) is 0 Å². The van der Waals surface area contributed by atoms with Gasteiger partial charge in [0.2, 0.25) is 5.22 Å². The van der Waals surface area contributed by atoms with E-state index >= 15 is 0 Å². The Balaban J connectivity index is 2.19. The molecular formula is C12H9BrClNO2. The summed E-state index contributed by atoms with van der Waals surface area (Å²) in [6.07, 6.45) is 1.38. The Morgan fingerprint density at radius 2 is 2.18 bits per heavy atom. The van der Waals surface area contributed by atoms with E-state index in [1.165, 1.54) is 12.3 Å². The van der Waals surface area contributed by atoms with Crippen molar-refractivity contribution in [1.82, 2.24) is 0 Å². The Hall–Kier alpha value is -1.26. The molecule has 0 aliphatic heterocycles. The number of amides is 1. The Morgan fingerprint density at radius 1 is 1.41 bits per heavy atom. The molecule has 0 fully saturated rings. The van der Waals surface area contributed by atoms with E-state index in [0.717, 1.165) is 10.0 Å². The molecule has 0 aliphatic carbocycles. The lowest BCUT2D eigenvalue weighted by Crippen LogP contribution is -2.11. The fourth-order valence-corrected chi connectivity index (χ4v) is 1.90. The second kappa shape index (κ2) is 4.94. The number of halogens is 2. The van der Waals surface area contributed by atoms with E-state index in [1.807, 2.05) is 25.1 Å². The molecule has 1 aromatic heterocycles. The highest BCUT2D eigenvalue weighted by Crippen LogP contribution is 2.22. The van der Waals surface area contributed by atoms with E-state index in [9.17, 15) is 4.79 Å². The van der Waals surface area contributed by atoms with Gasteiger partial charge in [-0.2, -0.15) is 0 Å². The maximum Gasteiger partial charge on any atom is 0.260 e. The SMILES string of the molecule is Cc1ccc(NC(=O)c2ccoc2Cl)cc1Br. The van der Waals surface area contributed by atoms with Gasteiger partial charge in [0, 0.05) is 10.2 Å². The average molecular weight is 315 g/mol.